The molecule has 0 saturated heterocycles. The van der Waals surface area contributed by atoms with Crippen LogP contribution in [0.4, 0.5) is 0 Å². The Morgan fingerprint density at radius 2 is 1.23 bits per heavy atom. The van der Waals surface area contributed by atoms with E-state index < -0.39 is 17.2 Å². The topological polar surface area (TPSA) is 101 Å². The quantitative estimate of drug-likeness (QED) is 0.383. The van der Waals surface area contributed by atoms with Crippen molar-refractivity contribution in [3.63, 3.8) is 0 Å². The maximum Gasteiger partial charge on any atom is 0.344 e. The van der Waals surface area contributed by atoms with Crippen LogP contribution in [-0.4, -0.2) is 10.2 Å². The van der Waals surface area contributed by atoms with Crippen molar-refractivity contribution in [2.24, 2.45) is 0 Å². The van der Waals surface area contributed by atoms with Crippen molar-refractivity contribution >= 4 is 21.9 Å². The van der Waals surface area contributed by atoms with Crippen LogP contribution >= 0.6 is 0 Å². The first kappa shape index (κ1) is 19.3. The first-order chi connectivity index (χ1) is 14.5. The van der Waals surface area contributed by atoms with E-state index in [9.17, 15) is 19.8 Å². The molecule has 4 aromatic rings. The Bertz CT molecular complexity index is 1320. The van der Waals surface area contributed by atoms with Gasteiger partial charge in [-0.15, -0.1) is 0 Å². The Morgan fingerprint density at radius 3 is 1.70 bits per heavy atom. The summed E-state index contributed by atoms with van der Waals surface area (Å²) in [7, 11) is 0. The summed E-state index contributed by atoms with van der Waals surface area (Å²) in [6.45, 7) is 1.81. The lowest BCUT2D eigenvalue weighted by Gasteiger charge is -2.16. The Kier molecular flexibility index (Phi) is 4.98. The molecule has 0 amide bonds. The first-order valence-electron chi connectivity index (χ1n) is 9.31. The molecule has 0 saturated carbocycles. The molecule has 0 spiro atoms. The van der Waals surface area contributed by atoms with E-state index >= 15 is 0 Å². The minimum absolute atomic E-state index is 0.160. The van der Waals surface area contributed by atoms with E-state index in [0.717, 1.165) is 0 Å². The van der Waals surface area contributed by atoms with Crippen molar-refractivity contribution in [2.75, 3.05) is 0 Å². The molecule has 0 fully saturated rings. The largest absolute Gasteiger partial charge is 0.507 e. The highest BCUT2D eigenvalue weighted by molar-refractivity contribution is 5.86. The van der Waals surface area contributed by atoms with Crippen LogP contribution in [0.25, 0.3) is 21.9 Å². The van der Waals surface area contributed by atoms with Gasteiger partial charge >= 0.3 is 11.3 Å². The minimum Gasteiger partial charge on any atom is -0.507 e. The fraction of sp³-hybridized carbons (Fsp3) is 0.0833. The van der Waals surface area contributed by atoms with E-state index in [-0.39, 0.29) is 33.8 Å². The van der Waals surface area contributed by atoms with Crippen molar-refractivity contribution in [3.05, 3.63) is 105 Å². The van der Waals surface area contributed by atoms with Gasteiger partial charge < -0.3 is 19.0 Å². The standard InChI is InChI=1S/C24H18O6/c1-2-3-4-11-16(19-21(25)14-9-5-7-12-17(14)29-23(19)27)20-22(26)15-10-6-8-13-18(15)30-24(20)28/h2-13,16,25-26H,1H3/b3-2+,11-4+. The molecule has 2 N–H and O–H groups in total. The molecule has 150 valence electrons. The van der Waals surface area contributed by atoms with Crippen LogP contribution < -0.4 is 11.3 Å². The second-order valence-corrected chi connectivity index (χ2v) is 6.68. The van der Waals surface area contributed by atoms with Crippen LogP contribution in [-0.2, 0) is 0 Å². The van der Waals surface area contributed by atoms with E-state index in [1.165, 1.54) is 6.08 Å². The molecule has 0 aliphatic rings. The van der Waals surface area contributed by atoms with Gasteiger partial charge in [-0.1, -0.05) is 48.6 Å². The van der Waals surface area contributed by atoms with Crippen molar-refractivity contribution < 1.29 is 19.0 Å². The number of para-hydroxylation sites is 2. The van der Waals surface area contributed by atoms with Gasteiger partial charge in [-0.25, -0.2) is 9.59 Å². The summed E-state index contributed by atoms with van der Waals surface area (Å²) < 4.78 is 10.7. The van der Waals surface area contributed by atoms with Crippen LogP contribution in [0, 0.1) is 0 Å². The summed E-state index contributed by atoms with van der Waals surface area (Å²) in [5, 5.41) is 22.4. The smallest absolute Gasteiger partial charge is 0.344 e. The third kappa shape index (κ3) is 3.18. The van der Waals surface area contributed by atoms with Crippen molar-refractivity contribution in [1.82, 2.24) is 0 Å². The molecule has 2 heterocycles. The maximum absolute atomic E-state index is 12.8. The molecule has 2 aromatic heterocycles. The zero-order chi connectivity index (χ0) is 21.3. The number of aromatic hydroxyl groups is 2. The van der Waals surface area contributed by atoms with Gasteiger partial charge in [0, 0.05) is 5.92 Å². The molecule has 6 nitrogen and oxygen atoms in total. The highest BCUT2D eigenvalue weighted by atomic mass is 16.4. The number of hydrogen-bond donors (Lipinski definition) is 2. The van der Waals surface area contributed by atoms with Crippen molar-refractivity contribution in [2.45, 2.75) is 12.8 Å². The molecule has 0 bridgehead atoms. The van der Waals surface area contributed by atoms with E-state index in [1.54, 1.807) is 66.8 Å². The van der Waals surface area contributed by atoms with Gasteiger partial charge in [0.05, 0.1) is 21.9 Å². The fourth-order valence-corrected chi connectivity index (χ4v) is 3.47. The van der Waals surface area contributed by atoms with E-state index in [0.29, 0.717) is 10.8 Å². The molecule has 6 heteroatoms. The van der Waals surface area contributed by atoms with Gasteiger partial charge in [-0.2, -0.15) is 0 Å². The summed E-state index contributed by atoms with van der Waals surface area (Å²) in [5.41, 5.74) is -1.51. The van der Waals surface area contributed by atoms with Gasteiger partial charge in [0.25, 0.3) is 0 Å². The van der Waals surface area contributed by atoms with Crippen LogP contribution in [0.2, 0.25) is 0 Å². The predicted molar refractivity (Wildman–Crippen MR) is 114 cm³/mol. The SMILES string of the molecule is C/C=C/C=C/C(c1c(O)c2ccccc2oc1=O)c1c(O)c2ccccc2oc1=O. The summed E-state index contributed by atoms with van der Waals surface area (Å²) in [4.78, 5) is 25.6. The van der Waals surface area contributed by atoms with Gasteiger partial charge in [-0.3, -0.25) is 0 Å². The van der Waals surface area contributed by atoms with Gasteiger partial charge in [-0.05, 0) is 31.2 Å². The molecule has 0 atom stereocenters. The molecular formula is C24H18O6. The van der Waals surface area contributed by atoms with Gasteiger partial charge in [0.15, 0.2) is 0 Å². The summed E-state index contributed by atoms with van der Waals surface area (Å²) in [5.74, 6) is -1.73. The Hall–Kier alpha value is -4.06. The molecular weight excluding hydrogens is 384 g/mol. The van der Waals surface area contributed by atoms with Crippen molar-refractivity contribution in [3.8, 4) is 11.5 Å². The summed E-state index contributed by atoms with van der Waals surface area (Å²) >= 11 is 0. The second kappa shape index (κ2) is 7.75. The molecule has 0 radical (unpaired) electrons. The molecule has 2 aromatic carbocycles. The average Bonchev–Trinajstić information content (AvgIpc) is 2.73. The lowest BCUT2D eigenvalue weighted by molar-refractivity contribution is 0.443. The molecule has 30 heavy (non-hydrogen) atoms. The third-order valence-corrected chi connectivity index (χ3v) is 4.87. The number of rotatable bonds is 4. The Morgan fingerprint density at radius 1 is 0.767 bits per heavy atom. The lowest BCUT2D eigenvalue weighted by atomic mass is 9.90. The van der Waals surface area contributed by atoms with Crippen LogP contribution in [0.15, 0.2) is 91.3 Å². The zero-order valence-corrected chi connectivity index (χ0v) is 16.0. The van der Waals surface area contributed by atoms with E-state index in [4.69, 9.17) is 8.83 Å². The Balaban J connectivity index is 2.07. The molecule has 0 unspecified atom stereocenters. The predicted octanol–water partition coefficient (Wildman–Crippen LogP) is 4.57. The summed E-state index contributed by atoms with van der Waals surface area (Å²) in [6, 6.07) is 13.1. The normalized spacial score (nSPS) is 12.1. The average molecular weight is 402 g/mol. The van der Waals surface area contributed by atoms with Gasteiger partial charge in [0.1, 0.15) is 22.7 Å². The van der Waals surface area contributed by atoms with Gasteiger partial charge in [0.2, 0.25) is 0 Å². The van der Waals surface area contributed by atoms with Crippen LogP contribution in [0.5, 0.6) is 11.5 Å². The lowest BCUT2D eigenvalue weighted by Crippen LogP contribution is -2.19. The highest BCUT2D eigenvalue weighted by Crippen LogP contribution is 2.39. The first-order valence-corrected chi connectivity index (χ1v) is 9.31. The zero-order valence-electron chi connectivity index (χ0n) is 16.0. The van der Waals surface area contributed by atoms with Crippen LogP contribution in [0.3, 0.4) is 0 Å². The number of benzene rings is 2. The Labute approximate surface area is 170 Å². The minimum atomic E-state index is -1.09. The monoisotopic (exact) mass is 402 g/mol. The molecule has 0 aliphatic carbocycles. The van der Waals surface area contributed by atoms with Crippen molar-refractivity contribution in [1.29, 1.82) is 0 Å². The number of allylic oxidation sites excluding steroid dienone is 4. The molecule has 4 rings (SSSR count). The summed E-state index contributed by atoms with van der Waals surface area (Å²) in [6.07, 6.45) is 6.61. The van der Waals surface area contributed by atoms with E-state index in [2.05, 4.69) is 0 Å². The number of hydrogen-bond acceptors (Lipinski definition) is 6. The second-order valence-electron chi connectivity index (χ2n) is 6.68. The highest BCUT2D eigenvalue weighted by Gasteiger charge is 2.29. The maximum atomic E-state index is 12.8. The van der Waals surface area contributed by atoms with Crippen LogP contribution in [0.1, 0.15) is 24.0 Å². The number of fused-ring (bicyclic) bond motifs is 2. The van der Waals surface area contributed by atoms with E-state index in [1.807, 2.05) is 6.92 Å². The third-order valence-electron chi connectivity index (χ3n) is 4.87. The fourth-order valence-electron chi connectivity index (χ4n) is 3.47. The molecule has 0 aliphatic heterocycles.